The minimum Gasteiger partial charge on any atom is -0.456 e. The quantitative estimate of drug-likeness (QED) is 0.185. The fourth-order valence-electron chi connectivity index (χ4n) is 10.2. The van der Waals surface area contributed by atoms with E-state index in [0.29, 0.717) is 0 Å². The van der Waals surface area contributed by atoms with E-state index >= 15 is 0 Å². The van der Waals surface area contributed by atoms with E-state index in [0.717, 1.165) is 38.9 Å². The van der Waals surface area contributed by atoms with E-state index in [1.54, 1.807) is 0 Å². The summed E-state index contributed by atoms with van der Waals surface area (Å²) >= 11 is 0. The van der Waals surface area contributed by atoms with E-state index in [9.17, 15) is 0 Å². The Bertz CT molecular complexity index is 2930. The summed E-state index contributed by atoms with van der Waals surface area (Å²) in [6.07, 6.45) is 2.36. The van der Waals surface area contributed by atoms with Crippen LogP contribution < -0.4 is 21.1 Å². The molecule has 4 heteroatoms. The summed E-state index contributed by atoms with van der Waals surface area (Å²) in [6.45, 7) is 14.3. The number of para-hydroxylation sites is 3. The van der Waals surface area contributed by atoms with Crippen LogP contribution >= 0.6 is 0 Å². The van der Waals surface area contributed by atoms with Crippen molar-refractivity contribution in [2.45, 2.75) is 70.6 Å². The van der Waals surface area contributed by atoms with Gasteiger partial charge < -0.3 is 14.6 Å². The number of hydrogen-bond donors (Lipinski definition) is 1. The fourth-order valence-corrected chi connectivity index (χ4v) is 10.2. The Balaban J connectivity index is 1.21. The predicted octanol–water partition coefficient (Wildman–Crippen LogP) is 12.6. The Kier molecular flexibility index (Phi) is 6.63. The van der Waals surface area contributed by atoms with Gasteiger partial charge in [0.15, 0.2) is 7.28 Å². The Morgan fingerprint density at radius 3 is 2.18 bits per heavy atom. The second-order valence-corrected chi connectivity index (χ2v) is 17.9. The van der Waals surface area contributed by atoms with Gasteiger partial charge in [0, 0.05) is 33.4 Å². The Hall–Kier alpha value is -5.74. The molecule has 3 heterocycles. The molecular formula is C51H44BN2O. The number of benzene rings is 7. The molecule has 0 atom stereocenters. The largest absolute Gasteiger partial charge is 0.456 e. The molecule has 0 fully saturated rings. The van der Waals surface area contributed by atoms with Crippen molar-refractivity contribution in [2.75, 3.05) is 10.2 Å². The molecule has 0 unspecified atom stereocenters. The lowest BCUT2D eigenvalue weighted by Crippen LogP contribution is -2.45. The molecule has 55 heavy (non-hydrogen) atoms. The third kappa shape index (κ3) is 4.58. The molecule has 0 spiro atoms. The molecule has 0 amide bonds. The van der Waals surface area contributed by atoms with Crippen LogP contribution in [0.5, 0.6) is 0 Å². The van der Waals surface area contributed by atoms with Crippen molar-refractivity contribution in [3.63, 3.8) is 0 Å². The van der Waals surface area contributed by atoms with E-state index < -0.39 is 0 Å². The zero-order valence-electron chi connectivity index (χ0n) is 32.5. The average molecular weight is 712 g/mol. The van der Waals surface area contributed by atoms with E-state index in [4.69, 9.17) is 4.42 Å². The number of nitrogens with one attached hydrogen (secondary N) is 1. The van der Waals surface area contributed by atoms with Crippen LogP contribution in [0.25, 0.3) is 43.8 Å². The van der Waals surface area contributed by atoms with Gasteiger partial charge in [-0.15, -0.1) is 0 Å². The summed E-state index contributed by atoms with van der Waals surface area (Å²) in [4.78, 5) is 2.54. The first-order valence-electron chi connectivity index (χ1n) is 19.8. The summed E-state index contributed by atoms with van der Waals surface area (Å²) in [5.74, 6) is 0. The van der Waals surface area contributed by atoms with Gasteiger partial charge in [-0.25, -0.2) is 0 Å². The van der Waals surface area contributed by atoms with E-state index in [1.807, 2.05) is 0 Å². The Morgan fingerprint density at radius 1 is 0.600 bits per heavy atom. The Morgan fingerprint density at radius 2 is 1.33 bits per heavy atom. The molecule has 7 aromatic carbocycles. The monoisotopic (exact) mass is 711 g/mol. The summed E-state index contributed by atoms with van der Waals surface area (Å²) in [6, 6.07) is 47.2. The second kappa shape index (κ2) is 11.2. The third-order valence-electron chi connectivity index (χ3n) is 13.3. The van der Waals surface area contributed by atoms with Crippen molar-refractivity contribution in [1.29, 1.82) is 0 Å². The van der Waals surface area contributed by atoms with Crippen LogP contribution in [0.4, 0.5) is 28.4 Å². The highest BCUT2D eigenvalue weighted by molar-refractivity contribution is 6.74. The zero-order valence-corrected chi connectivity index (χ0v) is 32.5. The first-order valence-corrected chi connectivity index (χ1v) is 19.8. The van der Waals surface area contributed by atoms with Crippen LogP contribution in [-0.2, 0) is 16.2 Å². The van der Waals surface area contributed by atoms with Crippen LogP contribution in [0.15, 0.2) is 132 Å². The highest BCUT2D eigenvalue weighted by Crippen LogP contribution is 2.54. The van der Waals surface area contributed by atoms with E-state index in [-0.39, 0.29) is 16.2 Å². The molecule has 1 N–H and O–H groups in total. The third-order valence-corrected chi connectivity index (χ3v) is 13.3. The standard InChI is InChI=1S/C51H44BN2O/c1-49(2)26-27-50(3,4)38-29-31(22-24-35(38)49)53-47-34(23-25-43-45(47)33-16-9-12-21-42(33)55-43)44-32-15-8-7-14-30(32)28-41-46(44)52-39-19-13-18-37-48(39)54(41)40-20-11-10-17-36(40)51(37,5)6/h7-25,28-29,53H,26-27H2,1-6H3. The van der Waals surface area contributed by atoms with Crippen molar-refractivity contribution < 1.29 is 4.42 Å². The predicted molar refractivity (Wildman–Crippen MR) is 234 cm³/mol. The molecule has 8 aromatic rings. The normalized spacial score (nSPS) is 16.9. The maximum absolute atomic E-state index is 6.58. The van der Waals surface area contributed by atoms with Crippen molar-refractivity contribution in [2.24, 2.45) is 0 Å². The fraction of sp³-hybridized carbons (Fsp3) is 0.216. The maximum atomic E-state index is 6.58. The van der Waals surface area contributed by atoms with Crippen LogP contribution in [-0.4, -0.2) is 7.28 Å². The number of anilines is 5. The molecule has 1 radical (unpaired) electrons. The molecule has 11 rings (SSSR count). The van der Waals surface area contributed by atoms with Crippen molar-refractivity contribution in [3.05, 3.63) is 150 Å². The molecule has 3 nitrogen and oxygen atoms in total. The lowest BCUT2D eigenvalue weighted by Gasteiger charge is -2.46. The van der Waals surface area contributed by atoms with Crippen molar-refractivity contribution >= 4 is 79.4 Å². The first kappa shape index (κ1) is 32.7. The molecule has 0 bridgehead atoms. The SMILES string of the molecule is CC1(C)CCC(C)(C)c2cc(Nc3c(-c4c5c(cc6ccccc46)N4c6ccccc6C(C)(C)c6cccc(c64)[B]5)ccc4oc5ccccc5c34)ccc21. The number of hydrogen-bond acceptors (Lipinski definition) is 3. The number of nitrogens with zero attached hydrogens (tertiary/aromatic N) is 1. The molecule has 1 aromatic heterocycles. The van der Waals surface area contributed by atoms with Crippen LogP contribution in [0, 0.1) is 0 Å². The van der Waals surface area contributed by atoms with E-state index in [2.05, 4.69) is 186 Å². The van der Waals surface area contributed by atoms with Gasteiger partial charge >= 0.3 is 0 Å². The first-order chi connectivity index (χ1) is 26.5. The summed E-state index contributed by atoms with van der Waals surface area (Å²) < 4.78 is 6.58. The van der Waals surface area contributed by atoms with Crippen LogP contribution in [0.3, 0.4) is 0 Å². The van der Waals surface area contributed by atoms with Gasteiger partial charge in [0.25, 0.3) is 0 Å². The maximum Gasteiger partial charge on any atom is 0.197 e. The molecular weight excluding hydrogens is 667 g/mol. The molecule has 2 aliphatic heterocycles. The van der Waals surface area contributed by atoms with Crippen molar-refractivity contribution in [1.82, 2.24) is 0 Å². The molecule has 3 aliphatic rings. The summed E-state index contributed by atoms with van der Waals surface area (Å²) in [7, 11) is 2.45. The van der Waals surface area contributed by atoms with Crippen LogP contribution in [0.1, 0.15) is 76.6 Å². The second-order valence-electron chi connectivity index (χ2n) is 17.9. The van der Waals surface area contributed by atoms with Crippen molar-refractivity contribution in [3.8, 4) is 11.1 Å². The van der Waals surface area contributed by atoms with E-state index in [1.165, 1.54) is 79.4 Å². The van der Waals surface area contributed by atoms with Gasteiger partial charge in [-0.05, 0) is 110 Å². The van der Waals surface area contributed by atoms with Gasteiger partial charge in [0.2, 0.25) is 0 Å². The summed E-state index contributed by atoms with van der Waals surface area (Å²) in [5.41, 5.74) is 18.2. The lowest BCUT2D eigenvalue weighted by molar-refractivity contribution is 0.332. The topological polar surface area (TPSA) is 28.4 Å². The number of rotatable bonds is 3. The minimum atomic E-state index is -0.132. The molecule has 0 saturated carbocycles. The highest BCUT2D eigenvalue weighted by Gasteiger charge is 2.42. The number of fused-ring (bicyclic) bond motifs is 9. The van der Waals surface area contributed by atoms with Gasteiger partial charge in [-0.3, -0.25) is 0 Å². The van der Waals surface area contributed by atoms with Gasteiger partial charge in [-0.2, -0.15) is 0 Å². The zero-order chi connectivity index (χ0) is 37.4. The highest BCUT2D eigenvalue weighted by atomic mass is 16.3. The molecule has 267 valence electrons. The summed E-state index contributed by atoms with van der Waals surface area (Å²) in [5, 5.41) is 8.75. The number of furan rings is 1. The van der Waals surface area contributed by atoms with Gasteiger partial charge in [-0.1, -0.05) is 132 Å². The average Bonchev–Trinajstić information content (AvgIpc) is 3.57. The lowest BCUT2D eigenvalue weighted by atomic mass is 9.55. The van der Waals surface area contributed by atoms with Gasteiger partial charge in [0.05, 0.1) is 16.8 Å². The minimum absolute atomic E-state index is 0.0922. The Labute approximate surface area is 324 Å². The van der Waals surface area contributed by atoms with Crippen LogP contribution in [0.2, 0.25) is 0 Å². The molecule has 1 aliphatic carbocycles. The van der Waals surface area contributed by atoms with Gasteiger partial charge in [0.1, 0.15) is 11.2 Å². The smallest absolute Gasteiger partial charge is 0.197 e. The molecule has 0 saturated heterocycles.